The van der Waals surface area contributed by atoms with E-state index in [1.54, 1.807) is 13.3 Å². The molecule has 1 heterocycles. The topological polar surface area (TPSA) is 60.2 Å². The van der Waals surface area contributed by atoms with E-state index >= 15 is 0 Å². The monoisotopic (exact) mass is 245 g/mol. The van der Waals surface area contributed by atoms with E-state index in [0.29, 0.717) is 12.3 Å². The number of hydrogen-bond donors (Lipinski definition) is 2. The first-order chi connectivity index (χ1) is 6.24. The van der Waals surface area contributed by atoms with E-state index in [1.165, 1.54) is 0 Å². The summed E-state index contributed by atoms with van der Waals surface area (Å²) in [6.45, 7) is 1.38. The van der Waals surface area contributed by atoms with Gasteiger partial charge in [0.1, 0.15) is 5.82 Å². The molecule has 1 aromatic heterocycles. The quantitative estimate of drug-likeness (QED) is 0.790. The van der Waals surface area contributed by atoms with Crippen LogP contribution < -0.4 is 11.1 Å². The van der Waals surface area contributed by atoms with Crippen LogP contribution in [0, 0.1) is 0 Å². The molecule has 0 bridgehead atoms. The molecule has 0 atom stereocenters. The lowest BCUT2D eigenvalue weighted by Gasteiger charge is -2.06. The van der Waals surface area contributed by atoms with E-state index in [2.05, 4.69) is 26.2 Å². The molecule has 0 radical (unpaired) electrons. The van der Waals surface area contributed by atoms with Crippen LogP contribution in [-0.4, -0.2) is 25.2 Å². The Morgan fingerprint density at radius 1 is 1.69 bits per heavy atom. The molecule has 1 aromatic rings. The number of anilines is 2. The Hall–Kier alpha value is -0.810. The van der Waals surface area contributed by atoms with E-state index in [-0.39, 0.29) is 0 Å². The fourth-order valence-electron chi connectivity index (χ4n) is 0.854. The Bertz CT molecular complexity index is 280. The van der Waals surface area contributed by atoms with Crippen LogP contribution in [0.25, 0.3) is 0 Å². The molecule has 0 amide bonds. The van der Waals surface area contributed by atoms with Crippen molar-refractivity contribution < 1.29 is 4.74 Å². The standard InChI is InChI=1S/C8H12BrN3O/c1-13-3-2-11-8-7(9)4-6(10)5-12-8/h4-5H,2-3,10H2,1H3,(H,11,12). The molecule has 0 aliphatic carbocycles. The third-order valence-electron chi connectivity index (χ3n) is 1.46. The molecule has 0 saturated heterocycles. The lowest BCUT2D eigenvalue weighted by atomic mass is 10.4. The molecular weight excluding hydrogens is 234 g/mol. The summed E-state index contributed by atoms with van der Waals surface area (Å²) in [5.41, 5.74) is 6.18. The lowest BCUT2D eigenvalue weighted by molar-refractivity contribution is 0.210. The molecule has 1 rings (SSSR count). The SMILES string of the molecule is COCCNc1ncc(N)cc1Br. The van der Waals surface area contributed by atoms with Gasteiger partial charge in [0.2, 0.25) is 0 Å². The zero-order chi connectivity index (χ0) is 9.68. The Kier molecular flexibility index (Phi) is 3.98. The average molecular weight is 246 g/mol. The van der Waals surface area contributed by atoms with Gasteiger partial charge in [-0.2, -0.15) is 0 Å². The number of nitrogens with zero attached hydrogens (tertiary/aromatic N) is 1. The number of halogens is 1. The minimum Gasteiger partial charge on any atom is -0.397 e. The molecule has 72 valence electrons. The van der Waals surface area contributed by atoms with Crippen molar-refractivity contribution in [1.29, 1.82) is 0 Å². The van der Waals surface area contributed by atoms with Gasteiger partial charge < -0.3 is 15.8 Å². The predicted octanol–water partition coefficient (Wildman–Crippen LogP) is 1.48. The highest BCUT2D eigenvalue weighted by molar-refractivity contribution is 9.10. The van der Waals surface area contributed by atoms with Gasteiger partial charge in [-0.05, 0) is 22.0 Å². The summed E-state index contributed by atoms with van der Waals surface area (Å²) in [5.74, 6) is 0.784. The molecule has 0 saturated carbocycles. The smallest absolute Gasteiger partial charge is 0.140 e. The van der Waals surface area contributed by atoms with E-state index in [4.69, 9.17) is 10.5 Å². The minimum atomic E-state index is 0.643. The molecule has 5 heteroatoms. The lowest BCUT2D eigenvalue weighted by Crippen LogP contribution is -2.09. The highest BCUT2D eigenvalue weighted by atomic mass is 79.9. The molecule has 0 aliphatic rings. The van der Waals surface area contributed by atoms with E-state index in [1.807, 2.05) is 6.07 Å². The number of nitrogens with two attached hydrogens (primary N) is 1. The van der Waals surface area contributed by atoms with Gasteiger partial charge in [0, 0.05) is 13.7 Å². The summed E-state index contributed by atoms with van der Waals surface area (Å²) in [7, 11) is 1.66. The van der Waals surface area contributed by atoms with Crippen molar-refractivity contribution in [2.24, 2.45) is 0 Å². The maximum Gasteiger partial charge on any atom is 0.140 e. The van der Waals surface area contributed by atoms with Crippen LogP contribution in [0.1, 0.15) is 0 Å². The van der Waals surface area contributed by atoms with Crippen molar-refractivity contribution in [3.8, 4) is 0 Å². The van der Waals surface area contributed by atoms with Crippen LogP contribution in [0.3, 0.4) is 0 Å². The third kappa shape index (κ3) is 3.20. The Labute approximate surface area is 85.6 Å². The number of aromatic nitrogens is 1. The summed E-state index contributed by atoms with van der Waals surface area (Å²) < 4.78 is 5.76. The predicted molar refractivity (Wildman–Crippen MR) is 56.7 cm³/mol. The first kappa shape index (κ1) is 10.3. The molecule has 0 aromatic carbocycles. The number of hydrogen-bond acceptors (Lipinski definition) is 4. The van der Waals surface area contributed by atoms with E-state index in [9.17, 15) is 0 Å². The number of methoxy groups -OCH3 is 1. The largest absolute Gasteiger partial charge is 0.397 e. The van der Waals surface area contributed by atoms with E-state index in [0.717, 1.165) is 16.8 Å². The zero-order valence-corrected chi connectivity index (χ0v) is 8.97. The second-order valence-electron chi connectivity index (χ2n) is 2.52. The van der Waals surface area contributed by atoms with Crippen molar-refractivity contribution in [2.45, 2.75) is 0 Å². The highest BCUT2D eigenvalue weighted by Gasteiger charge is 1.99. The van der Waals surface area contributed by atoms with Crippen LogP contribution in [-0.2, 0) is 4.74 Å². The van der Waals surface area contributed by atoms with Crippen molar-refractivity contribution in [1.82, 2.24) is 4.98 Å². The first-order valence-corrected chi connectivity index (χ1v) is 4.67. The van der Waals surface area contributed by atoms with Gasteiger partial charge in [-0.15, -0.1) is 0 Å². The normalized spacial score (nSPS) is 10.0. The molecule has 0 fully saturated rings. The highest BCUT2D eigenvalue weighted by Crippen LogP contribution is 2.21. The van der Waals surface area contributed by atoms with Crippen molar-refractivity contribution in [3.63, 3.8) is 0 Å². The Morgan fingerprint density at radius 2 is 2.46 bits per heavy atom. The molecule has 3 N–H and O–H groups in total. The third-order valence-corrected chi connectivity index (χ3v) is 2.07. The van der Waals surface area contributed by atoms with Crippen molar-refractivity contribution in [2.75, 3.05) is 31.3 Å². The van der Waals surface area contributed by atoms with Crippen LogP contribution in [0.4, 0.5) is 11.5 Å². The number of rotatable bonds is 4. The first-order valence-electron chi connectivity index (χ1n) is 3.88. The maximum absolute atomic E-state index is 5.54. The molecule has 13 heavy (non-hydrogen) atoms. The van der Waals surface area contributed by atoms with Gasteiger partial charge in [-0.1, -0.05) is 0 Å². The summed E-state index contributed by atoms with van der Waals surface area (Å²) in [6, 6.07) is 1.81. The van der Waals surface area contributed by atoms with Gasteiger partial charge >= 0.3 is 0 Å². The van der Waals surface area contributed by atoms with Gasteiger partial charge in [-0.3, -0.25) is 0 Å². The molecule has 0 unspecified atom stereocenters. The molecule has 0 spiro atoms. The Morgan fingerprint density at radius 3 is 3.08 bits per heavy atom. The van der Waals surface area contributed by atoms with Gasteiger partial charge in [0.05, 0.1) is 23.0 Å². The summed E-state index contributed by atoms with van der Waals surface area (Å²) in [5, 5.41) is 3.10. The van der Waals surface area contributed by atoms with Crippen LogP contribution >= 0.6 is 15.9 Å². The molecular formula is C8H12BrN3O. The van der Waals surface area contributed by atoms with Crippen LogP contribution in [0.2, 0.25) is 0 Å². The summed E-state index contributed by atoms with van der Waals surface area (Å²) >= 11 is 3.35. The van der Waals surface area contributed by atoms with Crippen LogP contribution in [0.15, 0.2) is 16.7 Å². The number of nitrogen functional groups attached to an aromatic ring is 1. The van der Waals surface area contributed by atoms with Crippen LogP contribution in [0.5, 0.6) is 0 Å². The average Bonchev–Trinajstić information content (AvgIpc) is 2.09. The second kappa shape index (κ2) is 5.04. The van der Waals surface area contributed by atoms with Crippen molar-refractivity contribution in [3.05, 3.63) is 16.7 Å². The second-order valence-corrected chi connectivity index (χ2v) is 3.37. The summed E-state index contributed by atoms with van der Waals surface area (Å²) in [4.78, 5) is 4.11. The Balaban J connectivity index is 2.56. The number of nitrogens with one attached hydrogen (secondary N) is 1. The van der Waals surface area contributed by atoms with E-state index < -0.39 is 0 Å². The maximum atomic E-state index is 5.54. The van der Waals surface area contributed by atoms with Gasteiger partial charge in [0.25, 0.3) is 0 Å². The summed E-state index contributed by atoms with van der Waals surface area (Å²) in [6.07, 6.45) is 1.61. The fourth-order valence-corrected chi connectivity index (χ4v) is 1.36. The number of ether oxygens (including phenoxy) is 1. The molecule has 4 nitrogen and oxygen atoms in total. The molecule has 0 aliphatic heterocycles. The van der Waals surface area contributed by atoms with Gasteiger partial charge in [-0.25, -0.2) is 4.98 Å². The number of pyridine rings is 1. The zero-order valence-electron chi connectivity index (χ0n) is 7.38. The fraction of sp³-hybridized carbons (Fsp3) is 0.375. The minimum absolute atomic E-state index is 0.643. The van der Waals surface area contributed by atoms with Crippen molar-refractivity contribution >= 4 is 27.4 Å². The van der Waals surface area contributed by atoms with Gasteiger partial charge in [0.15, 0.2) is 0 Å².